The lowest BCUT2D eigenvalue weighted by molar-refractivity contribution is 0.0394. The summed E-state index contributed by atoms with van der Waals surface area (Å²) in [6, 6.07) is 0. The molecule has 1 atom stereocenters. The molecule has 0 radical (unpaired) electrons. The lowest BCUT2D eigenvalue weighted by Crippen LogP contribution is -2.28. The molecule has 0 bridgehead atoms. The van der Waals surface area contributed by atoms with Crippen molar-refractivity contribution in [2.24, 2.45) is 5.92 Å². The van der Waals surface area contributed by atoms with Crippen LogP contribution in [0.4, 0.5) is 0 Å². The van der Waals surface area contributed by atoms with Gasteiger partial charge in [0.05, 0.1) is 5.60 Å². The van der Waals surface area contributed by atoms with Crippen molar-refractivity contribution in [1.29, 1.82) is 0 Å². The van der Waals surface area contributed by atoms with Gasteiger partial charge in [-0.1, -0.05) is 26.7 Å². The Balaban J connectivity index is 3.50. The average Bonchev–Trinajstić information content (AvgIpc) is 2.00. The zero-order valence-corrected chi connectivity index (χ0v) is 9.56. The smallest absolute Gasteiger partial charge is 0.0631 e. The number of hydrogen-bond donors (Lipinski definition) is 2. The zero-order valence-electron chi connectivity index (χ0n) is 9.56. The highest BCUT2D eigenvalue weighted by atomic mass is 16.3. The lowest BCUT2D eigenvalue weighted by atomic mass is 9.93. The molecule has 0 fully saturated rings. The summed E-state index contributed by atoms with van der Waals surface area (Å²) in [5.74, 6) is 0.750. The van der Waals surface area contributed by atoms with Gasteiger partial charge in [0.1, 0.15) is 0 Å². The molecule has 0 amide bonds. The standard InChI is InChI=1S/C11H25NO/c1-10(2)6-5-7-11(3,13)8-9-12-4/h10,12-13H,5-9H2,1-4H3. The van der Waals surface area contributed by atoms with Gasteiger partial charge < -0.3 is 10.4 Å². The summed E-state index contributed by atoms with van der Waals surface area (Å²) in [6.45, 7) is 7.28. The first-order chi connectivity index (χ1) is 5.98. The Kier molecular flexibility index (Phi) is 6.35. The van der Waals surface area contributed by atoms with Crippen LogP contribution >= 0.6 is 0 Å². The van der Waals surface area contributed by atoms with Crippen molar-refractivity contribution < 1.29 is 5.11 Å². The van der Waals surface area contributed by atoms with Gasteiger partial charge in [-0.3, -0.25) is 0 Å². The minimum Gasteiger partial charge on any atom is -0.390 e. The first kappa shape index (κ1) is 12.9. The molecule has 2 heteroatoms. The number of hydrogen-bond acceptors (Lipinski definition) is 2. The maximum atomic E-state index is 9.92. The van der Waals surface area contributed by atoms with Gasteiger partial charge in [0.15, 0.2) is 0 Å². The lowest BCUT2D eigenvalue weighted by Gasteiger charge is -2.23. The SMILES string of the molecule is CNCCC(C)(O)CCCC(C)C. The van der Waals surface area contributed by atoms with E-state index in [2.05, 4.69) is 19.2 Å². The van der Waals surface area contributed by atoms with Gasteiger partial charge in [-0.25, -0.2) is 0 Å². The van der Waals surface area contributed by atoms with Crippen molar-refractivity contribution in [3.8, 4) is 0 Å². The molecular formula is C11H25NO. The highest BCUT2D eigenvalue weighted by molar-refractivity contribution is 4.73. The van der Waals surface area contributed by atoms with Crippen LogP contribution in [0.3, 0.4) is 0 Å². The van der Waals surface area contributed by atoms with Crippen molar-refractivity contribution in [2.45, 2.75) is 52.1 Å². The van der Waals surface area contributed by atoms with Gasteiger partial charge >= 0.3 is 0 Å². The summed E-state index contributed by atoms with van der Waals surface area (Å²) in [7, 11) is 1.92. The van der Waals surface area contributed by atoms with Crippen LogP contribution in [0.5, 0.6) is 0 Å². The Morgan fingerprint density at radius 1 is 1.31 bits per heavy atom. The summed E-state index contributed by atoms with van der Waals surface area (Å²) in [4.78, 5) is 0. The molecule has 0 aromatic heterocycles. The maximum absolute atomic E-state index is 9.92. The fourth-order valence-corrected chi connectivity index (χ4v) is 1.41. The summed E-state index contributed by atoms with van der Waals surface area (Å²) >= 11 is 0. The van der Waals surface area contributed by atoms with Crippen LogP contribution in [0.2, 0.25) is 0 Å². The van der Waals surface area contributed by atoms with Crippen molar-refractivity contribution in [3.05, 3.63) is 0 Å². The highest BCUT2D eigenvalue weighted by Gasteiger charge is 2.18. The molecule has 0 saturated carbocycles. The molecule has 13 heavy (non-hydrogen) atoms. The maximum Gasteiger partial charge on any atom is 0.0631 e. The van der Waals surface area contributed by atoms with Crippen molar-refractivity contribution in [2.75, 3.05) is 13.6 Å². The Morgan fingerprint density at radius 2 is 1.92 bits per heavy atom. The molecule has 2 nitrogen and oxygen atoms in total. The molecule has 0 rings (SSSR count). The van der Waals surface area contributed by atoms with Gasteiger partial charge in [-0.2, -0.15) is 0 Å². The van der Waals surface area contributed by atoms with E-state index < -0.39 is 5.60 Å². The first-order valence-electron chi connectivity index (χ1n) is 5.35. The Hall–Kier alpha value is -0.0800. The predicted molar refractivity (Wildman–Crippen MR) is 57.9 cm³/mol. The Labute approximate surface area is 82.7 Å². The van der Waals surface area contributed by atoms with E-state index in [1.807, 2.05) is 14.0 Å². The minimum atomic E-state index is -0.474. The molecule has 0 heterocycles. The van der Waals surface area contributed by atoms with E-state index in [-0.39, 0.29) is 0 Å². The molecule has 0 spiro atoms. The minimum absolute atomic E-state index is 0.474. The van der Waals surface area contributed by atoms with Crippen LogP contribution in [0, 0.1) is 5.92 Å². The molecular weight excluding hydrogens is 162 g/mol. The topological polar surface area (TPSA) is 32.3 Å². The third-order valence-corrected chi connectivity index (χ3v) is 2.41. The number of rotatable bonds is 7. The van der Waals surface area contributed by atoms with Crippen LogP contribution in [-0.2, 0) is 0 Å². The fourth-order valence-electron chi connectivity index (χ4n) is 1.41. The second-order valence-corrected chi connectivity index (χ2v) is 4.64. The predicted octanol–water partition coefficient (Wildman–Crippen LogP) is 2.17. The molecule has 0 aliphatic carbocycles. The van der Waals surface area contributed by atoms with E-state index in [4.69, 9.17) is 0 Å². The number of aliphatic hydroxyl groups is 1. The Bertz CT molecular complexity index is 121. The molecule has 1 unspecified atom stereocenters. The van der Waals surface area contributed by atoms with Crippen LogP contribution in [0.15, 0.2) is 0 Å². The van der Waals surface area contributed by atoms with Crippen LogP contribution < -0.4 is 5.32 Å². The van der Waals surface area contributed by atoms with E-state index in [0.29, 0.717) is 0 Å². The summed E-state index contributed by atoms with van der Waals surface area (Å²) in [5, 5.41) is 13.0. The van der Waals surface area contributed by atoms with E-state index in [9.17, 15) is 5.11 Å². The molecule has 0 aromatic rings. The van der Waals surface area contributed by atoms with Gasteiger partial charge in [0.25, 0.3) is 0 Å². The molecule has 80 valence electrons. The average molecular weight is 187 g/mol. The summed E-state index contributed by atoms with van der Waals surface area (Å²) in [5.41, 5.74) is -0.474. The van der Waals surface area contributed by atoms with E-state index in [0.717, 1.165) is 31.7 Å². The number of nitrogens with one attached hydrogen (secondary N) is 1. The molecule has 0 aliphatic heterocycles. The third-order valence-electron chi connectivity index (χ3n) is 2.41. The fraction of sp³-hybridized carbons (Fsp3) is 1.00. The zero-order chi connectivity index (χ0) is 10.3. The van der Waals surface area contributed by atoms with Gasteiger partial charge in [-0.05, 0) is 39.3 Å². The molecule has 0 aliphatic rings. The van der Waals surface area contributed by atoms with Crippen LogP contribution in [0.1, 0.15) is 46.5 Å². The Morgan fingerprint density at radius 3 is 2.38 bits per heavy atom. The van der Waals surface area contributed by atoms with Crippen molar-refractivity contribution >= 4 is 0 Å². The second-order valence-electron chi connectivity index (χ2n) is 4.64. The van der Waals surface area contributed by atoms with Crippen molar-refractivity contribution in [3.63, 3.8) is 0 Å². The molecule has 2 N–H and O–H groups in total. The summed E-state index contributed by atoms with van der Waals surface area (Å²) < 4.78 is 0. The highest BCUT2D eigenvalue weighted by Crippen LogP contribution is 2.19. The monoisotopic (exact) mass is 187 g/mol. The quantitative estimate of drug-likeness (QED) is 0.640. The first-order valence-corrected chi connectivity index (χ1v) is 5.35. The van der Waals surface area contributed by atoms with Crippen LogP contribution in [0.25, 0.3) is 0 Å². The normalized spacial score (nSPS) is 16.2. The van der Waals surface area contributed by atoms with Crippen LogP contribution in [-0.4, -0.2) is 24.3 Å². The third kappa shape index (κ3) is 8.26. The largest absolute Gasteiger partial charge is 0.390 e. The van der Waals surface area contributed by atoms with Gasteiger partial charge in [-0.15, -0.1) is 0 Å². The second kappa shape index (κ2) is 6.39. The molecule has 0 saturated heterocycles. The van der Waals surface area contributed by atoms with Crippen molar-refractivity contribution in [1.82, 2.24) is 5.32 Å². The molecule has 0 aromatic carbocycles. The van der Waals surface area contributed by atoms with E-state index >= 15 is 0 Å². The van der Waals surface area contributed by atoms with E-state index in [1.165, 1.54) is 6.42 Å². The van der Waals surface area contributed by atoms with Gasteiger partial charge in [0, 0.05) is 0 Å². The van der Waals surface area contributed by atoms with Gasteiger partial charge in [0.2, 0.25) is 0 Å². The van der Waals surface area contributed by atoms with E-state index in [1.54, 1.807) is 0 Å². The summed E-state index contributed by atoms with van der Waals surface area (Å²) in [6.07, 6.45) is 4.12.